The van der Waals surface area contributed by atoms with Crippen LogP contribution in [0.25, 0.3) is 0 Å². The lowest BCUT2D eigenvalue weighted by Crippen LogP contribution is -2.36. The molecule has 7 heteroatoms. The highest BCUT2D eigenvalue weighted by atomic mass is 32.2. The number of amides is 1. The van der Waals surface area contributed by atoms with E-state index in [1.807, 2.05) is 6.92 Å². The van der Waals surface area contributed by atoms with E-state index in [0.717, 1.165) is 9.87 Å². The minimum absolute atomic E-state index is 0.00782. The van der Waals surface area contributed by atoms with E-state index in [0.29, 0.717) is 5.56 Å². The van der Waals surface area contributed by atoms with Gasteiger partial charge in [-0.2, -0.15) is 0 Å². The molecule has 1 aliphatic rings. The second-order valence-corrected chi connectivity index (χ2v) is 9.63. The first-order valence-corrected chi connectivity index (χ1v) is 10.4. The molecular formula is C21H23NO5S. The molecule has 28 heavy (non-hydrogen) atoms. The fourth-order valence-corrected chi connectivity index (χ4v) is 4.75. The number of hydrogen-bond donors (Lipinski definition) is 0. The van der Waals surface area contributed by atoms with Crippen molar-refractivity contribution < 1.29 is 22.7 Å². The third-order valence-corrected chi connectivity index (χ3v) is 6.20. The van der Waals surface area contributed by atoms with Crippen LogP contribution in [0.1, 0.15) is 54.7 Å². The summed E-state index contributed by atoms with van der Waals surface area (Å²) < 4.78 is 32.7. The molecule has 1 atom stereocenters. The second kappa shape index (κ2) is 7.05. The van der Waals surface area contributed by atoms with Crippen molar-refractivity contribution in [2.45, 2.75) is 50.7 Å². The SMILES string of the molecule is Cc1ccc(S(=O)(=O)N2C(=O)c3ccccc3C2CC(=O)OC(C)(C)C)cc1. The van der Waals surface area contributed by atoms with E-state index in [-0.39, 0.29) is 16.9 Å². The number of nitrogens with zero attached hydrogens (tertiary/aromatic N) is 1. The average molecular weight is 401 g/mol. The van der Waals surface area contributed by atoms with Crippen molar-refractivity contribution >= 4 is 21.9 Å². The molecule has 0 saturated heterocycles. The van der Waals surface area contributed by atoms with Gasteiger partial charge in [0, 0.05) is 5.56 Å². The molecule has 2 aromatic rings. The van der Waals surface area contributed by atoms with E-state index in [1.165, 1.54) is 12.1 Å². The van der Waals surface area contributed by atoms with Gasteiger partial charge in [0.25, 0.3) is 15.9 Å². The second-order valence-electron chi connectivity index (χ2n) is 7.81. The average Bonchev–Trinajstić information content (AvgIpc) is 2.87. The first kappa shape index (κ1) is 20.1. The van der Waals surface area contributed by atoms with Gasteiger partial charge < -0.3 is 4.74 Å². The molecule has 1 aliphatic heterocycles. The summed E-state index contributed by atoms with van der Waals surface area (Å²) in [5.41, 5.74) is 0.987. The number of hydrogen-bond acceptors (Lipinski definition) is 5. The van der Waals surface area contributed by atoms with Crippen LogP contribution in [0.2, 0.25) is 0 Å². The number of carbonyl (C=O) groups excluding carboxylic acids is 2. The number of carbonyl (C=O) groups is 2. The molecule has 0 fully saturated rings. The molecular weight excluding hydrogens is 378 g/mol. The van der Waals surface area contributed by atoms with Gasteiger partial charge in [0.2, 0.25) is 0 Å². The molecule has 6 nitrogen and oxygen atoms in total. The lowest BCUT2D eigenvalue weighted by atomic mass is 10.0. The molecule has 0 aliphatic carbocycles. The van der Waals surface area contributed by atoms with Crippen LogP contribution in [0.15, 0.2) is 53.4 Å². The van der Waals surface area contributed by atoms with Crippen LogP contribution in [0.5, 0.6) is 0 Å². The Morgan fingerprint density at radius 3 is 2.29 bits per heavy atom. The summed E-state index contributed by atoms with van der Waals surface area (Å²) in [5, 5.41) is 0. The van der Waals surface area contributed by atoms with E-state index < -0.39 is 33.5 Å². The molecule has 0 radical (unpaired) electrons. The zero-order valence-corrected chi connectivity index (χ0v) is 17.1. The lowest BCUT2D eigenvalue weighted by Gasteiger charge is -2.26. The zero-order valence-electron chi connectivity index (χ0n) is 16.3. The summed E-state index contributed by atoms with van der Waals surface area (Å²) in [5.74, 6) is -1.20. The quantitative estimate of drug-likeness (QED) is 0.731. The Balaban J connectivity index is 2.04. The van der Waals surface area contributed by atoms with Crippen molar-refractivity contribution in [2.75, 3.05) is 0 Å². The highest BCUT2D eigenvalue weighted by molar-refractivity contribution is 7.89. The number of esters is 1. The number of fused-ring (bicyclic) bond motifs is 1. The smallest absolute Gasteiger partial charge is 0.308 e. The normalized spacial score (nSPS) is 16.8. The van der Waals surface area contributed by atoms with Crippen LogP contribution in [0.3, 0.4) is 0 Å². The van der Waals surface area contributed by atoms with Crippen LogP contribution in [-0.2, 0) is 19.6 Å². The molecule has 0 N–H and O–H groups in total. The van der Waals surface area contributed by atoms with Gasteiger partial charge in [-0.05, 0) is 51.5 Å². The van der Waals surface area contributed by atoms with Crippen molar-refractivity contribution in [3.05, 3.63) is 65.2 Å². The van der Waals surface area contributed by atoms with Gasteiger partial charge >= 0.3 is 5.97 Å². The Labute approximate surface area is 165 Å². The van der Waals surface area contributed by atoms with E-state index >= 15 is 0 Å². The van der Waals surface area contributed by atoms with Crippen molar-refractivity contribution in [2.24, 2.45) is 0 Å². The van der Waals surface area contributed by atoms with Gasteiger partial charge in [-0.15, -0.1) is 0 Å². The van der Waals surface area contributed by atoms with Crippen molar-refractivity contribution in [3.8, 4) is 0 Å². The number of rotatable bonds is 4. The molecule has 2 aromatic carbocycles. The summed E-state index contributed by atoms with van der Waals surface area (Å²) in [6.07, 6.45) is -0.245. The monoisotopic (exact) mass is 401 g/mol. The molecule has 1 unspecified atom stereocenters. The number of sulfonamides is 1. The van der Waals surface area contributed by atoms with Crippen LogP contribution >= 0.6 is 0 Å². The fourth-order valence-electron chi connectivity index (χ4n) is 3.20. The molecule has 0 aromatic heterocycles. The van der Waals surface area contributed by atoms with Crippen molar-refractivity contribution in [1.82, 2.24) is 4.31 Å². The Morgan fingerprint density at radius 2 is 1.68 bits per heavy atom. The minimum atomic E-state index is -4.13. The third kappa shape index (κ3) is 3.80. The molecule has 3 rings (SSSR count). The number of aryl methyl sites for hydroxylation is 1. The fraction of sp³-hybridized carbons (Fsp3) is 0.333. The van der Waals surface area contributed by atoms with Crippen molar-refractivity contribution in [1.29, 1.82) is 0 Å². The van der Waals surface area contributed by atoms with Crippen LogP contribution in [0, 0.1) is 6.92 Å². The predicted molar refractivity (Wildman–Crippen MR) is 104 cm³/mol. The molecule has 148 valence electrons. The Bertz CT molecular complexity index is 1020. The number of benzene rings is 2. The van der Waals surface area contributed by atoms with Crippen LogP contribution in [-0.4, -0.2) is 30.2 Å². The van der Waals surface area contributed by atoms with E-state index in [4.69, 9.17) is 4.74 Å². The number of ether oxygens (including phenoxy) is 1. The molecule has 0 saturated carbocycles. The van der Waals surface area contributed by atoms with E-state index in [1.54, 1.807) is 57.2 Å². The highest BCUT2D eigenvalue weighted by Crippen LogP contribution is 2.40. The summed E-state index contributed by atoms with van der Waals surface area (Å²) in [6, 6.07) is 12.0. The Hall–Kier alpha value is -2.67. The first-order valence-electron chi connectivity index (χ1n) is 8.97. The molecule has 0 bridgehead atoms. The topological polar surface area (TPSA) is 80.8 Å². The lowest BCUT2D eigenvalue weighted by molar-refractivity contribution is -0.155. The summed E-state index contributed by atoms with van der Waals surface area (Å²) >= 11 is 0. The maximum absolute atomic E-state index is 13.3. The van der Waals surface area contributed by atoms with Gasteiger partial charge in [-0.3, -0.25) is 9.59 Å². The largest absolute Gasteiger partial charge is 0.460 e. The zero-order chi connectivity index (χ0) is 20.7. The van der Waals surface area contributed by atoms with Gasteiger partial charge in [0.1, 0.15) is 5.60 Å². The standard InChI is InChI=1S/C21H23NO5S/c1-14-9-11-15(12-10-14)28(25,26)22-18(13-19(23)27-21(2,3)4)16-7-5-6-8-17(16)20(22)24/h5-12,18H,13H2,1-4H3. The van der Waals surface area contributed by atoms with Gasteiger partial charge in [0.15, 0.2) is 0 Å². The first-order chi connectivity index (χ1) is 13.0. The summed E-state index contributed by atoms with van der Waals surface area (Å²) in [6.45, 7) is 7.05. The van der Waals surface area contributed by atoms with Gasteiger partial charge in [-0.1, -0.05) is 35.9 Å². The summed E-state index contributed by atoms with van der Waals surface area (Å²) in [4.78, 5) is 25.4. The molecule has 1 heterocycles. The highest BCUT2D eigenvalue weighted by Gasteiger charge is 2.45. The predicted octanol–water partition coefficient (Wildman–Crippen LogP) is 3.61. The van der Waals surface area contributed by atoms with Crippen LogP contribution < -0.4 is 0 Å². The van der Waals surface area contributed by atoms with Crippen LogP contribution in [0.4, 0.5) is 0 Å². The van der Waals surface area contributed by atoms with E-state index in [9.17, 15) is 18.0 Å². The third-order valence-electron chi connectivity index (χ3n) is 4.39. The van der Waals surface area contributed by atoms with Gasteiger partial charge in [0.05, 0.1) is 17.4 Å². The molecule has 1 amide bonds. The van der Waals surface area contributed by atoms with Gasteiger partial charge in [-0.25, -0.2) is 12.7 Å². The Kier molecular flexibility index (Phi) is 5.06. The Morgan fingerprint density at radius 1 is 1.07 bits per heavy atom. The minimum Gasteiger partial charge on any atom is -0.460 e. The van der Waals surface area contributed by atoms with Crippen molar-refractivity contribution in [3.63, 3.8) is 0 Å². The van der Waals surface area contributed by atoms with E-state index in [2.05, 4.69) is 0 Å². The maximum Gasteiger partial charge on any atom is 0.308 e. The maximum atomic E-state index is 13.3. The molecule has 0 spiro atoms. The summed E-state index contributed by atoms with van der Waals surface area (Å²) in [7, 11) is -4.13.